The summed E-state index contributed by atoms with van der Waals surface area (Å²) in [6.45, 7) is 13.5. The molecule has 0 amide bonds. The van der Waals surface area contributed by atoms with E-state index in [1.54, 1.807) is 0 Å². The van der Waals surface area contributed by atoms with E-state index in [1.165, 1.54) is 39.1 Å². The molecule has 2 N–H and O–H groups in total. The van der Waals surface area contributed by atoms with Crippen molar-refractivity contribution >= 4 is 0 Å². The van der Waals surface area contributed by atoms with Crippen molar-refractivity contribution in [3.63, 3.8) is 0 Å². The first kappa shape index (κ1) is 12.0. The molecule has 1 saturated heterocycles. The number of rotatable bonds is 3. The molecule has 3 heteroatoms. The van der Waals surface area contributed by atoms with Crippen LogP contribution in [-0.4, -0.2) is 54.6 Å². The molecule has 0 aromatic rings. The van der Waals surface area contributed by atoms with Crippen LogP contribution in [0.4, 0.5) is 0 Å². The lowest BCUT2D eigenvalue weighted by molar-refractivity contribution is 0.226. The molecule has 1 heterocycles. The molecule has 0 aromatic heterocycles. The van der Waals surface area contributed by atoms with Crippen LogP contribution in [0.15, 0.2) is 0 Å². The number of nitrogens with two attached hydrogens (primary N) is 1. The molecule has 0 spiro atoms. The Morgan fingerprint density at radius 2 is 1.64 bits per heavy atom. The van der Waals surface area contributed by atoms with Gasteiger partial charge >= 0.3 is 0 Å². The highest BCUT2D eigenvalue weighted by Gasteiger charge is 2.19. The maximum absolute atomic E-state index is 6.03. The normalized spacial score (nSPS) is 22.3. The Morgan fingerprint density at radius 3 is 2.21 bits per heavy atom. The van der Waals surface area contributed by atoms with Crippen LogP contribution in [0, 0.1) is 0 Å². The summed E-state index contributed by atoms with van der Waals surface area (Å²) in [5.74, 6) is 0. The van der Waals surface area contributed by atoms with Gasteiger partial charge in [-0.1, -0.05) is 6.92 Å². The van der Waals surface area contributed by atoms with Crippen molar-refractivity contribution in [2.45, 2.75) is 32.7 Å². The Morgan fingerprint density at radius 1 is 1.07 bits per heavy atom. The predicted molar refractivity (Wildman–Crippen MR) is 61.4 cm³/mol. The molecule has 1 aliphatic rings. The first-order valence-corrected chi connectivity index (χ1v) is 5.75. The van der Waals surface area contributed by atoms with E-state index in [0.29, 0.717) is 0 Å². The molecule has 1 aliphatic heterocycles. The average molecular weight is 199 g/mol. The van der Waals surface area contributed by atoms with Crippen LogP contribution in [0.2, 0.25) is 0 Å². The molecule has 0 unspecified atom stereocenters. The highest BCUT2D eigenvalue weighted by molar-refractivity contribution is 4.79. The lowest BCUT2D eigenvalue weighted by Gasteiger charge is -2.28. The molecular formula is C11H25N3. The van der Waals surface area contributed by atoms with Crippen LogP contribution in [-0.2, 0) is 0 Å². The molecule has 84 valence electrons. The summed E-state index contributed by atoms with van der Waals surface area (Å²) in [4.78, 5) is 5.01. The van der Waals surface area contributed by atoms with E-state index in [1.807, 2.05) is 0 Å². The fourth-order valence-electron chi connectivity index (χ4n) is 2.08. The van der Waals surface area contributed by atoms with E-state index in [-0.39, 0.29) is 5.54 Å². The molecule has 0 aromatic carbocycles. The van der Waals surface area contributed by atoms with Gasteiger partial charge in [0.2, 0.25) is 0 Å². The van der Waals surface area contributed by atoms with Crippen molar-refractivity contribution in [2.75, 3.05) is 39.3 Å². The highest BCUT2D eigenvalue weighted by Crippen LogP contribution is 2.06. The molecule has 0 saturated carbocycles. The van der Waals surface area contributed by atoms with E-state index in [2.05, 4.69) is 30.6 Å². The van der Waals surface area contributed by atoms with Gasteiger partial charge in [-0.3, -0.25) is 0 Å². The van der Waals surface area contributed by atoms with Gasteiger partial charge in [0.15, 0.2) is 0 Å². The van der Waals surface area contributed by atoms with E-state index >= 15 is 0 Å². The van der Waals surface area contributed by atoms with Gasteiger partial charge < -0.3 is 15.5 Å². The van der Waals surface area contributed by atoms with Gasteiger partial charge in [-0.05, 0) is 39.9 Å². The molecule has 0 atom stereocenters. The summed E-state index contributed by atoms with van der Waals surface area (Å²) < 4.78 is 0. The van der Waals surface area contributed by atoms with Crippen molar-refractivity contribution in [2.24, 2.45) is 5.73 Å². The third-order valence-corrected chi connectivity index (χ3v) is 2.76. The Kier molecular flexibility index (Phi) is 4.35. The lowest BCUT2D eigenvalue weighted by Crippen LogP contribution is -2.46. The maximum atomic E-state index is 6.03. The first-order chi connectivity index (χ1) is 6.51. The third kappa shape index (κ3) is 4.40. The van der Waals surface area contributed by atoms with E-state index in [4.69, 9.17) is 5.73 Å². The minimum atomic E-state index is -0.0542. The van der Waals surface area contributed by atoms with Gasteiger partial charge in [0, 0.05) is 25.2 Å². The van der Waals surface area contributed by atoms with Gasteiger partial charge in [-0.2, -0.15) is 0 Å². The molecule has 14 heavy (non-hydrogen) atoms. The number of likely N-dealkylation sites (N-methyl/N-ethyl adjacent to an activating group) is 1. The third-order valence-electron chi connectivity index (χ3n) is 2.76. The minimum Gasteiger partial charge on any atom is -0.324 e. The molecule has 0 aliphatic carbocycles. The predicted octanol–water partition coefficient (Wildman–Crippen LogP) is 0.751. The fraction of sp³-hybridized carbons (Fsp3) is 1.00. The van der Waals surface area contributed by atoms with Crippen molar-refractivity contribution in [1.29, 1.82) is 0 Å². The molecule has 3 nitrogen and oxygen atoms in total. The van der Waals surface area contributed by atoms with Crippen LogP contribution in [0.3, 0.4) is 0 Å². The van der Waals surface area contributed by atoms with Gasteiger partial charge in [-0.15, -0.1) is 0 Å². The second-order valence-corrected chi connectivity index (χ2v) is 5.05. The minimum absolute atomic E-state index is 0.0542. The summed E-state index contributed by atoms with van der Waals surface area (Å²) in [6, 6.07) is 0. The van der Waals surface area contributed by atoms with Crippen molar-refractivity contribution in [1.82, 2.24) is 9.80 Å². The summed E-state index contributed by atoms with van der Waals surface area (Å²) in [6.07, 6.45) is 1.28. The SMILES string of the molecule is CCN1CCCN(CC(C)(C)N)CC1. The zero-order valence-electron chi connectivity index (χ0n) is 9.92. The largest absolute Gasteiger partial charge is 0.324 e. The van der Waals surface area contributed by atoms with Gasteiger partial charge in [-0.25, -0.2) is 0 Å². The monoisotopic (exact) mass is 199 g/mol. The van der Waals surface area contributed by atoms with Crippen LogP contribution in [0.1, 0.15) is 27.2 Å². The van der Waals surface area contributed by atoms with E-state index in [0.717, 1.165) is 6.54 Å². The zero-order chi connectivity index (χ0) is 10.6. The highest BCUT2D eigenvalue weighted by atomic mass is 15.2. The van der Waals surface area contributed by atoms with Crippen LogP contribution in [0.25, 0.3) is 0 Å². The molecule has 1 rings (SSSR count). The number of hydrogen-bond acceptors (Lipinski definition) is 3. The Balaban J connectivity index is 2.34. The molecule has 0 radical (unpaired) electrons. The Hall–Kier alpha value is -0.120. The second kappa shape index (κ2) is 5.10. The smallest absolute Gasteiger partial charge is 0.0226 e. The molecule has 0 bridgehead atoms. The van der Waals surface area contributed by atoms with E-state index < -0.39 is 0 Å². The number of nitrogens with zero attached hydrogens (tertiary/aromatic N) is 2. The number of hydrogen-bond donors (Lipinski definition) is 1. The Bertz CT molecular complexity index is 162. The van der Waals surface area contributed by atoms with Crippen molar-refractivity contribution < 1.29 is 0 Å². The molecule has 1 fully saturated rings. The topological polar surface area (TPSA) is 32.5 Å². The van der Waals surface area contributed by atoms with Crippen LogP contribution >= 0.6 is 0 Å². The van der Waals surface area contributed by atoms with Gasteiger partial charge in [0.25, 0.3) is 0 Å². The first-order valence-electron chi connectivity index (χ1n) is 5.75. The summed E-state index contributed by atoms with van der Waals surface area (Å²) >= 11 is 0. The van der Waals surface area contributed by atoms with Crippen molar-refractivity contribution in [3.05, 3.63) is 0 Å². The van der Waals surface area contributed by atoms with Gasteiger partial charge in [0.05, 0.1) is 0 Å². The standard InChI is InChI=1S/C11H25N3/c1-4-13-6-5-7-14(9-8-13)10-11(2,3)12/h4-10,12H2,1-3H3. The van der Waals surface area contributed by atoms with E-state index in [9.17, 15) is 0 Å². The van der Waals surface area contributed by atoms with Crippen LogP contribution < -0.4 is 5.73 Å². The van der Waals surface area contributed by atoms with Crippen molar-refractivity contribution in [3.8, 4) is 0 Å². The quantitative estimate of drug-likeness (QED) is 0.728. The van der Waals surface area contributed by atoms with Crippen LogP contribution in [0.5, 0.6) is 0 Å². The molecular weight excluding hydrogens is 174 g/mol. The Labute approximate surface area is 88.2 Å². The lowest BCUT2D eigenvalue weighted by atomic mass is 10.1. The summed E-state index contributed by atoms with van der Waals surface area (Å²) in [5, 5.41) is 0. The maximum Gasteiger partial charge on any atom is 0.0226 e. The summed E-state index contributed by atoms with van der Waals surface area (Å²) in [7, 11) is 0. The average Bonchev–Trinajstić information content (AvgIpc) is 2.27. The summed E-state index contributed by atoms with van der Waals surface area (Å²) in [5.41, 5.74) is 5.98. The fourth-order valence-corrected chi connectivity index (χ4v) is 2.08. The second-order valence-electron chi connectivity index (χ2n) is 5.05. The zero-order valence-corrected chi connectivity index (χ0v) is 9.92. The van der Waals surface area contributed by atoms with Gasteiger partial charge in [0.1, 0.15) is 0 Å².